The minimum atomic E-state index is -1.18. The van der Waals surface area contributed by atoms with Crippen LogP contribution in [-0.4, -0.2) is 69.5 Å². The van der Waals surface area contributed by atoms with E-state index in [0.29, 0.717) is 25.1 Å². The number of carbonyl (C=O) groups excluding carboxylic acids is 3. The summed E-state index contributed by atoms with van der Waals surface area (Å²) >= 11 is 0. The molecule has 12 heteroatoms. The van der Waals surface area contributed by atoms with E-state index in [4.69, 9.17) is 11.5 Å². The summed E-state index contributed by atoms with van der Waals surface area (Å²) in [5.41, 5.74) is 12.9. The average molecular weight is 530 g/mol. The monoisotopic (exact) mass is 529 g/mol. The standard InChI is InChI=1S/C26H39N7O5/c1-16(2)22(26(37)38)33-25(36)21(13-18-14-29-15-30-18)32-24(35)20(12-17-8-4-3-5-9-17)31-23(34)19(28)10-6-7-11-27/h3-5,8-9,14-16,19-22H,6-7,10-13,27-28H2,1-2H3,(H,29,30)(H,31,34)(H,32,35)(H,33,36)(H,37,38). The number of imidazole rings is 1. The van der Waals surface area contributed by atoms with Gasteiger partial charge in [-0.1, -0.05) is 50.6 Å². The van der Waals surface area contributed by atoms with Gasteiger partial charge in [0, 0.05) is 24.7 Å². The third-order valence-corrected chi connectivity index (χ3v) is 6.06. The van der Waals surface area contributed by atoms with Crippen molar-refractivity contribution in [3.8, 4) is 0 Å². The van der Waals surface area contributed by atoms with E-state index in [9.17, 15) is 24.3 Å². The highest BCUT2D eigenvalue weighted by Gasteiger charge is 2.31. The number of carboxylic acids is 1. The number of hydrogen-bond acceptors (Lipinski definition) is 7. The molecule has 4 atom stereocenters. The molecule has 0 saturated heterocycles. The maximum atomic E-state index is 13.5. The molecule has 0 radical (unpaired) electrons. The van der Waals surface area contributed by atoms with E-state index < -0.39 is 47.9 Å². The van der Waals surface area contributed by atoms with E-state index in [1.165, 1.54) is 12.5 Å². The van der Waals surface area contributed by atoms with Crippen molar-refractivity contribution in [2.75, 3.05) is 6.54 Å². The second-order valence-corrected chi connectivity index (χ2v) is 9.55. The summed E-state index contributed by atoms with van der Waals surface area (Å²) in [5.74, 6) is -3.33. The van der Waals surface area contributed by atoms with Gasteiger partial charge in [-0.05, 0) is 30.9 Å². The second-order valence-electron chi connectivity index (χ2n) is 9.55. The molecule has 1 aromatic carbocycles. The van der Waals surface area contributed by atoms with Crippen LogP contribution >= 0.6 is 0 Å². The van der Waals surface area contributed by atoms with Crippen LogP contribution in [0.2, 0.25) is 0 Å². The molecule has 0 fully saturated rings. The summed E-state index contributed by atoms with van der Waals surface area (Å²) in [5, 5.41) is 17.4. The van der Waals surface area contributed by atoms with Crippen molar-refractivity contribution >= 4 is 23.7 Å². The van der Waals surface area contributed by atoms with Gasteiger partial charge in [0.2, 0.25) is 17.7 Å². The highest BCUT2D eigenvalue weighted by molar-refractivity contribution is 5.94. The van der Waals surface area contributed by atoms with E-state index in [0.717, 1.165) is 12.0 Å². The quantitative estimate of drug-likeness (QED) is 0.145. The largest absolute Gasteiger partial charge is 0.480 e. The van der Waals surface area contributed by atoms with E-state index in [1.54, 1.807) is 13.8 Å². The number of aromatic nitrogens is 2. The van der Waals surface area contributed by atoms with E-state index in [2.05, 4.69) is 25.9 Å². The minimum Gasteiger partial charge on any atom is -0.480 e. The Labute approximate surface area is 222 Å². The number of nitrogens with two attached hydrogens (primary N) is 2. The molecule has 12 nitrogen and oxygen atoms in total. The molecule has 9 N–H and O–H groups in total. The van der Waals surface area contributed by atoms with Crippen LogP contribution < -0.4 is 27.4 Å². The molecule has 208 valence electrons. The zero-order valence-corrected chi connectivity index (χ0v) is 21.9. The molecule has 0 spiro atoms. The van der Waals surface area contributed by atoms with Crippen LogP contribution in [0.3, 0.4) is 0 Å². The predicted molar refractivity (Wildman–Crippen MR) is 142 cm³/mol. The summed E-state index contributed by atoms with van der Waals surface area (Å²) in [7, 11) is 0. The van der Waals surface area contributed by atoms with Crippen molar-refractivity contribution in [3.05, 3.63) is 54.1 Å². The summed E-state index contributed by atoms with van der Waals surface area (Å²) < 4.78 is 0. The van der Waals surface area contributed by atoms with Gasteiger partial charge in [0.05, 0.1) is 12.4 Å². The number of carbonyl (C=O) groups is 4. The summed E-state index contributed by atoms with van der Waals surface area (Å²) in [6, 6.07) is 5.00. The van der Waals surface area contributed by atoms with Gasteiger partial charge in [0.25, 0.3) is 0 Å². The third-order valence-electron chi connectivity index (χ3n) is 6.06. The molecule has 0 bridgehead atoms. The molecule has 4 unspecified atom stereocenters. The van der Waals surface area contributed by atoms with E-state index >= 15 is 0 Å². The van der Waals surface area contributed by atoms with Crippen molar-refractivity contribution in [2.24, 2.45) is 17.4 Å². The molecule has 0 saturated carbocycles. The Balaban J connectivity index is 2.23. The summed E-state index contributed by atoms with van der Waals surface area (Å²) in [4.78, 5) is 57.9. The summed E-state index contributed by atoms with van der Waals surface area (Å²) in [6.07, 6.45) is 4.96. The molecular weight excluding hydrogens is 490 g/mol. The Bertz CT molecular complexity index is 1030. The molecule has 2 aromatic rings. The number of rotatable bonds is 16. The lowest BCUT2D eigenvalue weighted by atomic mass is 10.0. The first-order valence-electron chi connectivity index (χ1n) is 12.7. The van der Waals surface area contributed by atoms with Crippen LogP contribution in [0, 0.1) is 5.92 Å². The second kappa shape index (κ2) is 15.5. The van der Waals surface area contributed by atoms with Gasteiger partial charge in [-0.3, -0.25) is 14.4 Å². The van der Waals surface area contributed by atoms with Gasteiger partial charge in [0.15, 0.2) is 0 Å². The Morgan fingerprint density at radius 3 is 2.16 bits per heavy atom. The number of nitrogens with one attached hydrogen (secondary N) is 4. The fourth-order valence-electron chi connectivity index (χ4n) is 3.84. The zero-order chi connectivity index (χ0) is 28.1. The van der Waals surface area contributed by atoms with Gasteiger partial charge in [0.1, 0.15) is 18.1 Å². The number of H-pyrrole nitrogens is 1. The van der Waals surface area contributed by atoms with Crippen LogP contribution in [-0.2, 0) is 32.0 Å². The normalized spacial score (nSPS) is 14.2. The zero-order valence-electron chi connectivity index (χ0n) is 21.9. The van der Waals surface area contributed by atoms with Crippen molar-refractivity contribution < 1.29 is 24.3 Å². The number of aliphatic carboxylic acids is 1. The van der Waals surface area contributed by atoms with Crippen LogP contribution in [0.15, 0.2) is 42.9 Å². The Morgan fingerprint density at radius 2 is 1.58 bits per heavy atom. The predicted octanol–water partition coefficient (Wildman–Crippen LogP) is -0.154. The molecule has 0 aliphatic heterocycles. The fourth-order valence-corrected chi connectivity index (χ4v) is 3.84. The van der Waals surface area contributed by atoms with Crippen molar-refractivity contribution in [1.29, 1.82) is 0 Å². The van der Waals surface area contributed by atoms with Crippen molar-refractivity contribution in [3.63, 3.8) is 0 Å². The van der Waals surface area contributed by atoms with Gasteiger partial charge >= 0.3 is 5.97 Å². The maximum absolute atomic E-state index is 13.5. The number of amides is 3. The first kappa shape index (κ1) is 30.5. The van der Waals surface area contributed by atoms with Gasteiger partial charge in [-0.2, -0.15) is 0 Å². The molecule has 3 amide bonds. The fraction of sp³-hybridized carbons (Fsp3) is 0.500. The number of unbranched alkanes of at least 4 members (excludes halogenated alkanes) is 1. The lowest BCUT2D eigenvalue weighted by Gasteiger charge is -2.26. The molecule has 38 heavy (non-hydrogen) atoms. The summed E-state index contributed by atoms with van der Waals surface area (Å²) in [6.45, 7) is 3.83. The Kier molecular flexibility index (Phi) is 12.4. The lowest BCUT2D eigenvalue weighted by Crippen LogP contribution is -2.58. The maximum Gasteiger partial charge on any atom is 0.326 e. The Hall–Kier alpha value is -3.77. The van der Waals surface area contributed by atoms with Gasteiger partial charge < -0.3 is 37.5 Å². The number of aromatic amines is 1. The van der Waals surface area contributed by atoms with Crippen molar-refractivity contribution in [1.82, 2.24) is 25.9 Å². The number of benzene rings is 1. The van der Waals surface area contributed by atoms with E-state index in [-0.39, 0.29) is 18.8 Å². The molecule has 2 rings (SSSR count). The first-order chi connectivity index (χ1) is 18.1. The lowest BCUT2D eigenvalue weighted by molar-refractivity contribution is -0.143. The van der Waals surface area contributed by atoms with E-state index in [1.807, 2.05) is 30.3 Å². The van der Waals surface area contributed by atoms with Gasteiger partial charge in [-0.15, -0.1) is 0 Å². The van der Waals surface area contributed by atoms with Crippen LogP contribution in [0.1, 0.15) is 44.4 Å². The SMILES string of the molecule is CC(C)C(NC(=O)C(Cc1cnc[nH]1)NC(=O)C(Cc1ccccc1)NC(=O)C(N)CCCCN)C(=O)O. The molecule has 1 heterocycles. The number of nitrogens with zero attached hydrogens (tertiary/aromatic N) is 1. The molecule has 0 aliphatic rings. The highest BCUT2D eigenvalue weighted by Crippen LogP contribution is 2.08. The molecule has 0 aliphatic carbocycles. The Morgan fingerprint density at radius 1 is 0.947 bits per heavy atom. The topological polar surface area (TPSA) is 205 Å². The van der Waals surface area contributed by atoms with Gasteiger partial charge in [-0.25, -0.2) is 9.78 Å². The smallest absolute Gasteiger partial charge is 0.326 e. The number of carboxylic acid groups (broad SMARTS) is 1. The van der Waals surface area contributed by atoms with Crippen molar-refractivity contribution in [2.45, 2.75) is 70.1 Å². The third kappa shape index (κ3) is 9.94. The first-order valence-corrected chi connectivity index (χ1v) is 12.7. The van der Waals surface area contributed by atoms with Crippen LogP contribution in [0.4, 0.5) is 0 Å². The molecular formula is C26H39N7O5. The average Bonchev–Trinajstić information content (AvgIpc) is 3.39. The minimum absolute atomic E-state index is 0.0343. The van der Waals surface area contributed by atoms with Crippen LogP contribution in [0.5, 0.6) is 0 Å². The molecule has 1 aromatic heterocycles. The number of hydrogen-bond donors (Lipinski definition) is 7. The van der Waals surface area contributed by atoms with Crippen LogP contribution in [0.25, 0.3) is 0 Å². The highest BCUT2D eigenvalue weighted by atomic mass is 16.4.